The average Bonchev–Trinajstić information content (AvgIpc) is 3.15. The number of piperazine rings is 1. The third kappa shape index (κ3) is 3.18. The zero-order chi connectivity index (χ0) is 17.3. The summed E-state index contributed by atoms with van der Waals surface area (Å²) >= 11 is 0. The van der Waals surface area contributed by atoms with Gasteiger partial charge in [-0.3, -0.25) is 9.88 Å². The van der Waals surface area contributed by atoms with Gasteiger partial charge in [-0.1, -0.05) is 18.2 Å². The van der Waals surface area contributed by atoms with Crippen molar-refractivity contribution in [2.75, 3.05) is 26.2 Å². The summed E-state index contributed by atoms with van der Waals surface area (Å²) in [5, 5.41) is 0.833. The second-order valence-corrected chi connectivity index (χ2v) is 8.00. The second kappa shape index (κ2) is 6.59. The molecule has 0 radical (unpaired) electrons. The van der Waals surface area contributed by atoms with E-state index in [1.807, 2.05) is 30.3 Å². The van der Waals surface area contributed by atoms with Crippen molar-refractivity contribution in [2.24, 2.45) is 0 Å². The van der Waals surface area contributed by atoms with E-state index in [-0.39, 0.29) is 4.90 Å². The maximum Gasteiger partial charge on any atom is 0.245 e. The monoisotopic (exact) mass is 357 g/mol. The first-order valence-corrected chi connectivity index (χ1v) is 9.67. The number of hydrogen-bond acceptors (Lipinski definition) is 5. The molecule has 3 aromatic rings. The number of benzene rings is 1. The van der Waals surface area contributed by atoms with E-state index in [9.17, 15) is 8.42 Å². The summed E-state index contributed by atoms with van der Waals surface area (Å²) in [6.07, 6.45) is 3.28. The van der Waals surface area contributed by atoms with Gasteiger partial charge in [0.15, 0.2) is 0 Å². The van der Waals surface area contributed by atoms with Crippen LogP contribution in [0.5, 0.6) is 0 Å². The van der Waals surface area contributed by atoms with Crippen molar-refractivity contribution in [3.05, 3.63) is 60.7 Å². The van der Waals surface area contributed by atoms with E-state index in [0.717, 1.165) is 11.1 Å². The van der Waals surface area contributed by atoms with Gasteiger partial charge in [-0.25, -0.2) is 8.42 Å². The fraction of sp³-hybridized carbons (Fsp3) is 0.278. The standard InChI is InChI=1S/C18H19N3O3S/c22-25(23,17-7-1-4-15-5-2-8-19-18(15)17)21-11-9-20(10-12-21)14-16-6-3-13-24-16/h1-8,13H,9-12,14H2. The van der Waals surface area contributed by atoms with Crippen LogP contribution >= 0.6 is 0 Å². The molecule has 6 nitrogen and oxygen atoms in total. The molecule has 1 aliphatic rings. The van der Waals surface area contributed by atoms with Gasteiger partial charge in [-0.2, -0.15) is 4.31 Å². The molecule has 0 saturated carbocycles. The van der Waals surface area contributed by atoms with Gasteiger partial charge in [0, 0.05) is 37.8 Å². The zero-order valence-electron chi connectivity index (χ0n) is 13.7. The Balaban J connectivity index is 1.53. The Kier molecular flexibility index (Phi) is 4.29. The lowest BCUT2D eigenvalue weighted by Crippen LogP contribution is -2.48. The van der Waals surface area contributed by atoms with Crippen LogP contribution in [0.15, 0.2) is 64.2 Å². The van der Waals surface area contributed by atoms with Crippen LogP contribution in [0.3, 0.4) is 0 Å². The number of furan rings is 1. The molecule has 1 fully saturated rings. The molecular formula is C18H19N3O3S. The number of para-hydroxylation sites is 1. The minimum absolute atomic E-state index is 0.282. The normalized spacial score (nSPS) is 17.1. The molecule has 4 rings (SSSR count). The van der Waals surface area contributed by atoms with E-state index in [0.29, 0.717) is 38.2 Å². The number of aromatic nitrogens is 1. The van der Waals surface area contributed by atoms with Crippen molar-refractivity contribution in [1.29, 1.82) is 0 Å². The predicted octanol–water partition coefficient (Wildman–Crippen LogP) is 2.33. The van der Waals surface area contributed by atoms with Gasteiger partial charge in [-0.05, 0) is 24.3 Å². The Hall–Kier alpha value is -2.22. The van der Waals surface area contributed by atoms with Crippen LogP contribution in [-0.4, -0.2) is 48.8 Å². The largest absolute Gasteiger partial charge is 0.468 e. The molecule has 7 heteroatoms. The number of pyridine rings is 1. The van der Waals surface area contributed by atoms with Gasteiger partial charge < -0.3 is 4.42 Å². The minimum atomic E-state index is -3.55. The summed E-state index contributed by atoms with van der Waals surface area (Å²) in [6, 6.07) is 12.8. The molecule has 0 N–H and O–H groups in total. The minimum Gasteiger partial charge on any atom is -0.468 e. The highest BCUT2D eigenvalue weighted by atomic mass is 32.2. The van der Waals surface area contributed by atoms with Gasteiger partial charge in [0.05, 0.1) is 18.3 Å². The highest BCUT2D eigenvalue weighted by molar-refractivity contribution is 7.89. The van der Waals surface area contributed by atoms with Crippen LogP contribution in [-0.2, 0) is 16.6 Å². The summed E-state index contributed by atoms with van der Waals surface area (Å²) < 4.78 is 33.1. The van der Waals surface area contributed by atoms with Crippen LogP contribution in [0.2, 0.25) is 0 Å². The maximum absolute atomic E-state index is 13.1. The lowest BCUT2D eigenvalue weighted by Gasteiger charge is -2.33. The predicted molar refractivity (Wildman–Crippen MR) is 94.5 cm³/mol. The van der Waals surface area contributed by atoms with Gasteiger partial charge in [0.2, 0.25) is 10.0 Å². The number of nitrogens with zero attached hydrogens (tertiary/aromatic N) is 3. The lowest BCUT2D eigenvalue weighted by atomic mass is 10.2. The molecule has 0 bridgehead atoms. The Morgan fingerprint density at radius 1 is 1.00 bits per heavy atom. The highest BCUT2D eigenvalue weighted by Gasteiger charge is 2.30. The van der Waals surface area contributed by atoms with Crippen molar-refractivity contribution < 1.29 is 12.8 Å². The molecule has 0 unspecified atom stereocenters. The van der Waals surface area contributed by atoms with Crippen LogP contribution in [0.1, 0.15) is 5.76 Å². The first kappa shape index (κ1) is 16.3. The average molecular weight is 357 g/mol. The zero-order valence-corrected chi connectivity index (χ0v) is 14.5. The molecule has 0 aliphatic carbocycles. The third-order valence-corrected chi connectivity index (χ3v) is 6.43. The van der Waals surface area contributed by atoms with E-state index in [4.69, 9.17) is 4.42 Å². The fourth-order valence-corrected chi connectivity index (χ4v) is 4.76. The van der Waals surface area contributed by atoms with Crippen molar-refractivity contribution in [2.45, 2.75) is 11.4 Å². The highest BCUT2D eigenvalue weighted by Crippen LogP contribution is 2.25. The van der Waals surface area contributed by atoms with Crippen molar-refractivity contribution in [3.63, 3.8) is 0 Å². The van der Waals surface area contributed by atoms with Crippen LogP contribution in [0.4, 0.5) is 0 Å². The summed E-state index contributed by atoms with van der Waals surface area (Å²) in [6.45, 7) is 2.99. The Labute approximate surface area is 146 Å². The molecule has 2 aromatic heterocycles. The Morgan fingerprint density at radius 2 is 1.80 bits per heavy atom. The van der Waals surface area contributed by atoms with Crippen molar-refractivity contribution in [3.8, 4) is 0 Å². The fourth-order valence-electron chi connectivity index (χ4n) is 3.17. The quantitative estimate of drug-likeness (QED) is 0.717. The summed E-state index contributed by atoms with van der Waals surface area (Å²) in [5.41, 5.74) is 0.531. The first-order valence-electron chi connectivity index (χ1n) is 8.23. The maximum atomic E-state index is 13.1. The molecule has 0 amide bonds. The van der Waals surface area contributed by atoms with E-state index < -0.39 is 10.0 Å². The van der Waals surface area contributed by atoms with E-state index >= 15 is 0 Å². The van der Waals surface area contributed by atoms with E-state index in [1.165, 1.54) is 0 Å². The Bertz CT molecular complexity index is 957. The van der Waals surface area contributed by atoms with E-state index in [2.05, 4.69) is 9.88 Å². The van der Waals surface area contributed by atoms with Gasteiger partial charge in [-0.15, -0.1) is 0 Å². The number of fused-ring (bicyclic) bond motifs is 1. The third-order valence-electron chi connectivity index (χ3n) is 4.50. The van der Waals surface area contributed by atoms with Gasteiger partial charge >= 0.3 is 0 Å². The smallest absolute Gasteiger partial charge is 0.245 e. The molecular weight excluding hydrogens is 338 g/mol. The van der Waals surface area contributed by atoms with Crippen LogP contribution in [0, 0.1) is 0 Å². The van der Waals surface area contributed by atoms with Gasteiger partial charge in [0.1, 0.15) is 10.7 Å². The summed E-state index contributed by atoms with van der Waals surface area (Å²) in [5.74, 6) is 0.898. The molecule has 25 heavy (non-hydrogen) atoms. The topological polar surface area (TPSA) is 66.7 Å². The summed E-state index contributed by atoms with van der Waals surface area (Å²) in [4.78, 5) is 6.76. The van der Waals surface area contributed by atoms with Crippen LogP contribution < -0.4 is 0 Å². The van der Waals surface area contributed by atoms with Crippen molar-refractivity contribution in [1.82, 2.24) is 14.2 Å². The Morgan fingerprint density at radius 3 is 2.56 bits per heavy atom. The number of sulfonamides is 1. The SMILES string of the molecule is O=S(=O)(c1cccc2cccnc12)N1CCN(Cc2ccco2)CC1. The van der Waals surface area contributed by atoms with Gasteiger partial charge in [0.25, 0.3) is 0 Å². The second-order valence-electron chi connectivity index (χ2n) is 6.09. The van der Waals surface area contributed by atoms with Crippen LogP contribution in [0.25, 0.3) is 10.9 Å². The van der Waals surface area contributed by atoms with E-state index in [1.54, 1.807) is 28.9 Å². The molecule has 1 saturated heterocycles. The molecule has 1 aromatic carbocycles. The molecule has 0 spiro atoms. The summed E-state index contributed by atoms with van der Waals surface area (Å²) in [7, 11) is -3.55. The molecule has 3 heterocycles. The lowest BCUT2D eigenvalue weighted by molar-refractivity contribution is 0.171. The first-order chi connectivity index (χ1) is 12.1. The molecule has 1 aliphatic heterocycles. The molecule has 130 valence electrons. The number of hydrogen-bond donors (Lipinski definition) is 0. The van der Waals surface area contributed by atoms with Crippen molar-refractivity contribution >= 4 is 20.9 Å². The molecule has 0 atom stereocenters. The number of rotatable bonds is 4.